The van der Waals surface area contributed by atoms with Crippen molar-refractivity contribution >= 4 is 15.7 Å². The van der Waals surface area contributed by atoms with Gasteiger partial charge >= 0.3 is 6.18 Å². The van der Waals surface area contributed by atoms with Gasteiger partial charge in [-0.15, -0.1) is 0 Å². The van der Waals surface area contributed by atoms with Crippen molar-refractivity contribution in [1.29, 1.82) is 0 Å². The highest BCUT2D eigenvalue weighted by molar-refractivity contribution is 7.91. The molecule has 0 aliphatic carbocycles. The van der Waals surface area contributed by atoms with Crippen LogP contribution in [0.5, 0.6) is 0 Å². The van der Waals surface area contributed by atoms with E-state index >= 15 is 0 Å². The first-order valence-corrected chi connectivity index (χ1v) is 8.49. The second-order valence-electron chi connectivity index (χ2n) is 5.83. The van der Waals surface area contributed by atoms with Gasteiger partial charge in [-0.05, 0) is 25.0 Å². The molecule has 0 saturated carbocycles. The first kappa shape index (κ1) is 16.8. The number of amides is 1. The monoisotopic (exact) mass is 335 g/mol. The van der Waals surface area contributed by atoms with Gasteiger partial charge in [0, 0.05) is 0 Å². The SMILES string of the molecule is C[C@@]1(NC(=O)Cc2cccc(C(F)(F)F)c2)CCS(=O)(=O)C1. The average Bonchev–Trinajstić information content (AvgIpc) is 2.62. The van der Waals surface area contributed by atoms with E-state index in [9.17, 15) is 26.4 Å². The molecule has 2 rings (SSSR count). The van der Waals surface area contributed by atoms with E-state index in [0.29, 0.717) is 6.42 Å². The lowest BCUT2D eigenvalue weighted by Crippen LogP contribution is -2.47. The molecule has 0 spiro atoms. The van der Waals surface area contributed by atoms with Crippen molar-refractivity contribution in [3.05, 3.63) is 35.4 Å². The highest BCUT2D eigenvalue weighted by Crippen LogP contribution is 2.29. The molecule has 1 N–H and O–H groups in total. The number of rotatable bonds is 3. The summed E-state index contributed by atoms with van der Waals surface area (Å²) in [5, 5.41) is 2.62. The molecule has 1 atom stereocenters. The fourth-order valence-electron chi connectivity index (χ4n) is 2.53. The second kappa shape index (κ2) is 5.57. The zero-order chi connectivity index (χ0) is 16.6. The molecule has 0 aromatic heterocycles. The summed E-state index contributed by atoms with van der Waals surface area (Å²) >= 11 is 0. The minimum atomic E-state index is -4.46. The Morgan fingerprint density at radius 3 is 2.59 bits per heavy atom. The fraction of sp³-hybridized carbons (Fsp3) is 0.500. The Hall–Kier alpha value is -1.57. The van der Waals surface area contributed by atoms with Crippen molar-refractivity contribution in [3.63, 3.8) is 0 Å². The molecule has 122 valence electrons. The van der Waals surface area contributed by atoms with E-state index in [1.807, 2.05) is 0 Å². The lowest BCUT2D eigenvalue weighted by molar-refractivity contribution is -0.137. The van der Waals surface area contributed by atoms with Crippen LogP contribution in [0.3, 0.4) is 0 Å². The van der Waals surface area contributed by atoms with Crippen LogP contribution >= 0.6 is 0 Å². The summed E-state index contributed by atoms with van der Waals surface area (Å²) in [7, 11) is -3.16. The van der Waals surface area contributed by atoms with Crippen molar-refractivity contribution < 1.29 is 26.4 Å². The summed E-state index contributed by atoms with van der Waals surface area (Å²) in [6.07, 6.45) is -4.37. The Morgan fingerprint density at radius 2 is 2.05 bits per heavy atom. The molecule has 0 radical (unpaired) electrons. The van der Waals surface area contributed by atoms with Gasteiger partial charge in [-0.25, -0.2) is 8.42 Å². The van der Waals surface area contributed by atoms with Gasteiger partial charge in [0.25, 0.3) is 0 Å². The standard InChI is InChI=1S/C14H16F3NO3S/c1-13(5-6-22(20,21)9-13)18-12(19)8-10-3-2-4-11(7-10)14(15,16)17/h2-4,7H,5-6,8-9H2,1H3,(H,18,19)/t13-/m1/s1. The number of halogens is 3. The smallest absolute Gasteiger partial charge is 0.350 e. The molecule has 1 aliphatic heterocycles. The molecule has 8 heteroatoms. The van der Waals surface area contributed by atoms with E-state index in [-0.39, 0.29) is 23.5 Å². The van der Waals surface area contributed by atoms with Crippen LogP contribution in [0.25, 0.3) is 0 Å². The molecular weight excluding hydrogens is 319 g/mol. The molecule has 0 bridgehead atoms. The summed E-state index contributed by atoms with van der Waals surface area (Å²) in [6.45, 7) is 1.63. The van der Waals surface area contributed by atoms with Gasteiger partial charge in [0.05, 0.1) is 29.0 Å². The molecular formula is C14H16F3NO3S. The number of carbonyl (C=O) groups is 1. The summed E-state index contributed by atoms with van der Waals surface area (Å²) < 4.78 is 60.8. The quantitative estimate of drug-likeness (QED) is 0.918. The van der Waals surface area contributed by atoms with Crippen LogP contribution < -0.4 is 5.32 Å². The number of hydrogen-bond acceptors (Lipinski definition) is 3. The number of hydrogen-bond donors (Lipinski definition) is 1. The largest absolute Gasteiger partial charge is 0.416 e. The van der Waals surface area contributed by atoms with Crippen molar-refractivity contribution in [2.75, 3.05) is 11.5 Å². The van der Waals surface area contributed by atoms with Gasteiger partial charge in [0.2, 0.25) is 5.91 Å². The predicted octanol–water partition coefficient (Wildman–Crippen LogP) is 1.94. The van der Waals surface area contributed by atoms with Crippen molar-refractivity contribution in [2.24, 2.45) is 0 Å². The maximum Gasteiger partial charge on any atom is 0.416 e. The van der Waals surface area contributed by atoms with Crippen molar-refractivity contribution in [2.45, 2.75) is 31.5 Å². The normalized spacial score (nSPS) is 24.2. The van der Waals surface area contributed by atoms with Crippen LogP contribution in [0, 0.1) is 0 Å². The zero-order valence-electron chi connectivity index (χ0n) is 11.9. The van der Waals surface area contributed by atoms with Gasteiger partial charge in [0.1, 0.15) is 0 Å². The van der Waals surface area contributed by atoms with Crippen LogP contribution in [0.15, 0.2) is 24.3 Å². The highest BCUT2D eigenvalue weighted by atomic mass is 32.2. The number of sulfone groups is 1. The Labute approximate surface area is 126 Å². The van der Waals surface area contributed by atoms with E-state index in [1.54, 1.807) is 6.92 Å². The zero-order valence-corrected chi connectivity index (χ0v) is 12.7. The first-order valence-electron chi connectivity index (χ1n) is 6.67. The van der Waals surface area contributed by atoms with Crippen LogP contribution in [-0.4, -0.2) is 31.4 Å². The Morgan fingerprint density at radius 1 is 1.36 bits per heavy atom. The third kappa shape index (κ3) is 4.22. The maximum absolute atomic E-state index is 12.6. The van der Waals surface area contributed by atoms with Crippen LogP contribution in [-0.2, 0) is 27.2 Å². The summed E-state index contributed by atoms with van der Waals surface area (Å²) in [6, 6.07) is 4.54. The van der Waals surface area contributed by atoms with Gasteiger partial charge in [-0.3, -0.25) is 4.79 Å². The van der Waals surface area contributed by atoms with Crippen LogP contribution in [0.4, 0.5) is 13.2 Å². The predicted molar refractivity (Wildman–Crippen MR) is 75.0 cm³/mol. The van der Waals surface area contributed by atoms with E-state index in [2.05, 4.69) is 5.32 Å². The molecule has 0 unspecified atom stereocenters. The molecule has 1 amide bonds. The van der Waals surface area contributed by atoms with E-state index in [0.717, 1.165) is 12.1 Å². The summed E-state index contributed by atoms with van der Waals surface area (Å²) in [5.41, 5.74) is -1.43. The van der Waals surface area contributed by atoms with E-state index in [1.165, 1.54) is 12.1 Å². The maximum atomic E-state index is 12.6. The first-order chi connectivity index (χ1) is 9.99. The molecule has 1 aromatic rings. The fourth-order valence-corrected chi connectivity index (χ4v) is 4.63. The Bertz CT molecular complexity index is 685. The van der Waals surface area contributed by atoms with Gasteiger partial charge < -0.3 is 5.32 Å². The third-order valence-electron chi connectivity index (χ3n) is 3.56. The van der Waals surface area contributed by atoms with Crippen molar-refractivity contribution in [1.82, 2.24) is 5.32 Å². The summed E-state index contributed by atoms with van der Waals surface area (Å²) in [5.74, 6) is -0.624. The van der Waals surface area contributed by atoms with E-state index < -0.39 is 33.0 Å². The Kier molecular flexibility index (Phi) is 4.25. The van der Waals surface area contributed by atoms with Crippen molar-refractivity contribution in [3.8, 4) is 0 Å². The molecule has 4 nitrogen and oxygen atoms in total. The molecule has 1 fully saturated rings. The molecule has 1 aliphatic rings. The molecule has 22 heavy (non-hydrogen) atoms. The lowest BCUT2D eigenvalue weighted by Gasteiger charge is -2.24. The van der Waals surface area contributed by atoms with Crippen LogP contribution in [0.1, 0.15) is 24.5 Å². The van der Waals surface area contributed by atoms with Crippen LogP contribution in [0.2, 0.25) is 0 Å². The van der Waals surface area contributed by atoms with E-state index in [4.69, 9.17) is 0 Å². The Balaban J connectivity index is 2.04. The number of alkyl halides is 3. The minimum Gasteiger partial charge on any atom is -0.350 e. The molecule has 1 saturated heterocycles. The summed E-state index contributed by atoms with van der Waals surface area (Å²) in [4.78, 5) is 12.0. The van der Waals surface area contributed by atoms with Gasteiger partial charge in [-0.1, -0.05) is 18.2 Å². The molecule has 1 aromatic carbocycles. The third-order valence-corrected chi connectivity index (χ3v) is 5.47. The number of carbonyl (C=O) groups excluding carboxylic acids is 1. The minimum absolute atomic E-state index is 0.00728. The lowest BCUT2D eigenvalue weighted by atomic mass is 10.0. The highest BCUT2D eigenvalue weighted by Gasteiger charge is 2.39. The van der Waals surface area contributed by atoms with Gasteiger partial charge in [0.15, 0.2) is 9.84 Å². The van der Waals surface area contributed by atoms with Gasteiger partial charge in [-0.2, -0.15) is 13.2 Å². The number of nitrogens with one attached hydrogen (secondary N) is 1. The number of benzene rings is 1. The molecule has 1 heterocycles. The average molecular weight is 335 g/mol. The topological polar surface area (TPSA) is 63.2 Å². The second-order valence-corrected chi connectivity index (χ2v) is 8.01.